The number of hydrazone groups is 1. The summed E-state index contributed by atoms with van der Waals surface area (Å²) in [7, 11) is 0. The van der Waals surface area contributed by atoms with Gasteiger partial charge in [0, 0.05) is 24.6 Å². The van der Waals surface area contributed by atoms with E-state index in [4.69, 9.17) is 43.2 Å². The molecule has 2 fully saturated rings. The molecule has 1 aliphatic carbocycles. The van der Waals surface area contributed by atoms with Crippen LogP contribution in [-0.2, 0) is 33.4 Å². The molecule has 2 heterocycles. The molecule has 0 spiro atoms. The maximum absolute atomic E-state index is 13.5. The van der Waals surface area contributed by atoms with Crippen LogP contribution in [0.2, 0.25) is 0 Å². The summed E-state index contributed by atoms with van der Waals surface area (Å²) < 4.78 is 40.0. The number of hydrogen-bond acceptors (Lipinski definition) is 15. The van der Waals surface area contributed by atoms with E-state index in [0.29, 0.717) is 93.7 Å². The molecular weight excluding hydrogens is 779 g/mol. The van der Waals surface area contributed by atoms with E-state index in [9.17, 15) is 19.2 Å². The number of carbonyl (C=O) groups excluding carboxylic acids is 4. The minimum atomic E-state index is -0.422. The molecular formula is C44H49N3O11S. The number of rotatable bonds is 21. The first-order chi connectivity index (χ1) is 28.9. The molecule has 1 saturated heterocycles. The summed E-state index contributed by atoms with van der Waals surface area (Å²) in [5.74, 6) is -0.337. The van der Waals surface area contributed by atoms with Crippen LogP contribution in [0.4, 0.5) is 5.13 Å². The number of esters is 3. The second kappa shape index (κ2) is 22.5. The van der Waals surface area contributed by atoms with Crippen molar-refractivity contribution in [3.8, 4) is 23.0 Å². The third-order valence-corrected chi connectivity index (χ3v) is 10.9. The van der Waals surface area contributed by atoms with E-state index in [1.807, 2.05) is 24.3 Å². The van der Waals surface area contributed by atoms with E-state index < -0.39 is 17.9 Å². The molecule has 2 aliphatic rings. The molecule has 312 valence electrons. The molecule has 1 aromatic heterocycles. The zero-order valence-electron chi connectivity index (χ0n) is 32.9. The number of fused-ring (bicyclic) bond motifs is 1. The lowest BCUT2D eigenvalue weighted by Crippen LogP contribution is -2.30. The van der Waals surface area contributed by atoms with Crippen molar-refractivity contribution in [3.63, 3.8) is 0 Å². The molecule has 15 heteroatoms. The van der Waals surface area contributed by atoms with E-state index >= 15 is 0 Å². The Labute approximate surface area is 347 Å². The second-order valence-electron chi connectivity index (χ2n) is 14.1. The van der Waals surface area contributed by atoms with Crippen molar-refractivity contribution in [2.24, 2.45) is 16.9 Å². The zero-order valence-corrected chi connectivity index (χ0v) is 33.7. The Kier molecular flexibility index (Phi) is 16.4. The van der Waals surface area contributed by atoms with Crippen molar-refractivity contribution < 1.29 is 52.3 Å². The minimum absolute atomic E-state index is 0.248. The van der Waals surface area contributed by atoms with Crippen LogP contribution in [0.25, 0.3) is 10.2 Å². The Morgan fingerprint density at radius 1 is 0.847 bits per heavy atom. The van der Waals surface area contributed by atoms with Gasteiger partial charge in [-0.2, -0.15) is 5.10 Å². The van der Waals surface area contributed by atoms with Crippen LogP contribution in [0.5, 0.6) is 23.0 Å². The van der Waals surface area contributed by atoms with Gasteiger partial charge >= 0.3 is 17.9 Å². The average Bonchev–Trinajstić information content (AvgIpc) is 3.70. The van der Waals surface area contributed by atoms with Crippen LogP contribution in [0, 0.1) is 11.8 Å². The summed E-state index contributed by atoms with van der Waals surface area (Å²) >= 11 is 1.50. The number of nitrogens with zero attached hydrogens (tertiary/aromatic N) is 3. The molecule has 0 unspecified atom stereocenters. The van der Waals surface area contributed by atoms with Crippen molar-refractivity contribution in [2.45, 2.75) is 70.5 Å². The first-order valence-electron chi connectivity index (χ1n) is 20.0. The van der Waals surface area contributed by atoms with E-state index in [2.05, 4.69) is 6.58 Å². The summed E-state index contributed by atoms with van der Waals surface area (Å²) in [5.41, 5.74) is 1.27. The highest BCUT2D eigenvalue weighted by Crippen LogP contribution is 2.34. The molecule has 0 radical (unpaired) electrons. The fourth-order valence-electron chi connectivity index (χ4n) is 6.62. The number of para-hydroxylation sites is 1. The number of benzene rings is 3. The smallest absolute Gasteiger partial charge is 0.330 e. The molecule has 0 bridgehead atoms. The summed E-state index contributed by atoms with van der Waals surface area (Å²) in [4.78, 5) is 53.6. The van der Waals surface area contributed by atoms with Crippen LogP contribution in [-0.4, -0.2) is 74.8 Å². The Morgan fingerprint density at radius 2 is 1.53 bits per heavy atom. The van der Waals surface area contributed by atoms with Crippen molar-refractivity contribution >= 4 is 57.3 Å². The Balaban J connectivity index is 0.999. The fraction of sp³-hybridized carbons (Fsp3) is 0.409. The predicted molar refractivity (Wildman–Crippen MR) is 221 cm³/mol. The van der Waals surface area contributed by atoms with Crippen molar-refractivity contribution in [2.75, 3.05) is 38.0 Å². The Bertz CT molecular complexity index is 2010. The molecule has 6 rings (SSSR count). The van der Waals surface area contributed by atoms with Crippen LogP contribution in [0.3, 0.4) is 0 Å². The van der Waals surface area contributed by atoms with Gasteiger partial charge in [0.2, 0.25) is 5.13 Å². The normalized spacial score (nSPS) is 16.9. The highest BCUT2D eigenvalue weighted by Gasteiger charge is 2.32. The molecule has 14 nitrogen and oxygen atoms in total. The highest BCUT2D eigenvalue weighted by atomic mass is 32.1. The largest absolute Gasteiger partial charge is 0.494 e. The number of unbranched alkanes of at least 4 members (excludes halogenated alkanes) is 3. The maximum atomic E-state index is 13.5. The topological polar surface area (TPSA) is 161 Å². The number of anilines is 1. The molecule has 3 aromatic carbocycles. The zero-order chi connectivity index (χ0) is 41.2. The lowest BCUT2D eigenvalue weighted by Gasteiger charge is -2.26. The first kappa shape index (κ1) is 43.0. The summed E-state index contributed by atoms with van der Waals surface area (Å²) in [5, 5.41) is 7.19. The van der Waals surface area contributed by atoms with Crippen LogP contribution < -0.4 is 24.0 Å². The first-order valence-corrected chi connectivity index (χ1v) is 20.8. The quantitative estimate of drug-likeness (QED) is 0.0152. The van der Waals surface area contributed by atoms with Gasteiger partial charge in [0.05, 0.1) is 54.7 Å². The maximum Gasteiger partial charge on any atom is 0.330 e. The standard InChI is InChI=1S/C44H49N3O11S/c1-2-40(49)53-25-8-4-3-7-24-52-34-16-18-35(19-17-34)57-42(50)31-12-14-32(15-13-31)43(51)58-38-21-20-36(56-30-48)28-33(38)29-45-47(23-22-41-54-26-9-27-55-41)44-46-37-10-5-6-11-39(37)59-44/h2,5-6,10-11,16-21,28-32,41H,1,3-4,7-9,12-15,22-27H2/b45-29+/t31-,32-. The van der Waals surface area contributed by atoms with Gasteiger partial charge in [-0.3, -0.25) is 14.4 Å². The number of carbonyl (C=O) groups is 4. The van der Waals surface area contributed by atoms with E-state index in [1.165, 1.54) is 11.3 Å². The molecule has 0 atom stereocenters. The molecule has 4 aromatic rings. The Morgan fingerprint density at radius 3 is 2.24 bits per heavy atom. The monoisotopic (exact) mass is 827 g/mol. The minimum Gasteiger partial charge on any atom is -0.494 e. The third kappa shape index (κ3) is 13.2. The average molecular weight is 828 g/mol. The summed E-state index contributed by atoms with van der Waals surface area (Å²) in [6.45, 7) is 6.34. The fourth-order valence-corrected chi connectivity index (χ4v) is 7.57. The predicted octanol–water partition coefficient (Wildman–Crippen LogP) is 7.81. The summed E-state index contributed by atoms with van der Waals surface area (Å²) in [6, 6.07) is 19.4. The van der Waals surface area contributed by atoms with Gasteiger partial charge in [0.25, 0.3) is 6.47 Å². The van der Waals surface area contributed by atoms with E-state index in [0.717, 1.165) is 48.4 Å². The molecule has 0 amide bonds. The van der Waals surface area contributed by atoms with Gasteiger partial charge in [0.15, 0.2) is 6.29 Å². The van der Waals surface area contributed by atoms with Gasteiger partial charge in [0.1, 0.15) is 23.0 Å². The van der Waals surface area contributed by atoms with Crippen molar-refractivity contribution in [1.82, 2.24) is 4.98 Å². The lowest BCUT2D eigenvalue weighted by atomic mass is 9.82. The van der Waals surface area contributed by atoms with Crippen molar-refractivity contribution in [3.05, 3.63) is 84.9 Å². The van der Waals surface area contributed by atoms with Gasteiger partial charge < -0.3 is 33.2 Å². The molecule has 1 saturated carbocycles. The number of aromatic nitrogens is 1. The molecule has 1 aliphatic heterocycles. The van der Waals surface area contributed by atoms with Gasteiger partial charge in [-0.25, -0.2) is 14.8 Å². The van der Waals surface area contributed by atoms with Crippen LogP contribution >= 0.6 is 11.3 Å². The van der Waals surface area contributed by atoms with E-state index in [1.54, 1.807) is 53.7 Å². The summed E-state index contributed by atoms with van der Waals surface area (Å²) in [6.07, 6.45) is 9.13. The lowest BCUT2D eigenvalue weighted by molar-refractivity contribution is -0.179. The number of ether oxygens (including phenoxy) is 7. The number of thiazole rings is 1. The van der Waals surface area contributed by atoms with Crippen LogP contribution in [0.15, 0.2) is 84.5 Å². The van der Waals surface area contributed by atoms with Crippen molar-refractivity contribution in [1.29, 1.82) is 0 Å². The number of hydrogen-bond donors (Lipinski definition) is 0. The third-order valence-electron chi connectivity index (χ3n) is 9.84. The van der Waals surface area contributed by atoms with Gasteiger partial charge in [-0.15, -0.1) is 0 Å². The second-order valence-corrected chi connectivity index (χ2v) is 15.1. The SMILES string of the molecule is C=CC(=O)OCCCCCCOc1ccc(OC(=O)[C@H]2CC[C@H](C(=O)Oc3ccc(OC=O)cc3/C=N/N(CCC3OCCCO3)c3nc4ccccc4s3)CC2)cc1. The molecule has 0 N–H and O–H groups in total. The highest BCUT2D eigenvalue weighted by molar-refractivity contribution is 7.22. The van der Waals surface area contributed by atoms with Gasteiger partial charge in [-0.1, -0.05) is 30.0 Å². The van der Waals surface area contributed by atoms with E-state index in [-0.39, 0.29) is 29.7 Å². The van der Waals surface area contributed by atoms with Gasteiger partial charge in [-0.05, 0) is 112 Å². The molecule has 59 heavy (non-hydrogen) atoms. The Hall–Kier alpha value is -5.64. The van der Waals surface area contributed by atoms with Crippen LogP contribution in [0.1, 0.15) is 69.8 Å².